The normalized spacial score (nSPS) is 17.4. The van der Waals surface area contributed by atoms with Crippen molar-refractivity contribution in [3.63, 3.8) is 0 Å². The van der Waals surface area contributed by atoms with E-state index in [0.29, 0.717) is 0 Å². The fourth-order valence-corrected chi connectivity index (χ4v) is 3.71. The Bertz CT molecular complexity index is 721. The molecule has 2 aromatic rings. The summed E-state index contributed by atoms with van der Waals surface area (Å²) in [4.78, 5) is 6.98. The largest absolute Gasteiger partial charge is 0.497 e. The molecule has 1 saturated carbocycles. The summed E-state index contributed by atoms with van der Waals surface area (Å²) in [5.74, 6) is 2.61. The number of hydrogen-bond acceptors (Lipinski definition) is 4. The second kappa shape index (κ2) is 7.34. The Balaban J connectivity index is 1.48. The Morgan fingerprint density at radius 2 is 1.96 bits per heavy atom. The van der Waals surface area contributed by atoms with Crippen LogP contribution in [0.25, 0.3) is 0 Å². The molecule has 0 amide bonds. The standard InChI is InChI=1S/C21H27N3O/c1-25-19-7-8-20(16-5-6-16)17(13-19)15-23-21-14-18(9-10-22-21)24-11-3-2-4-12-24/h7-10,13-14,16H,2-6,11-12,15H2,1H3,(H,22,23). The van der Waals surface area contributed by atoms with Gasteiger partial charge in [0.2, 0.25) is 0 Å². The molecule has 0 radical (unpaired) electrons. The van der Waals surface area contributed by atoms with Gasteiger partial charge in [0.15, 0.2) is 0 Å². The van der Waals surface area contributed by atoms with Gasteiger partial charge in [-0.2, -0.15) is 0 Å². The molecule has 1 aliphatic heterocycles. The minimum absolute atomic E-state index is 0.732. The number of hydrogen-bond donors (Lipinski definition) is 1. The van der Waals surface area contributed by atoms with Gasteiger partial charge < -0.3 is 15.0 Å². The number of pyridine rings is 1. The number of piperidine rings is 1. The molecule has 1 saturated heterocycles. The molecule has 2 aliphatic rings. The number of benzene rings is 1. The number of anilines is 2. The van der Waals surface area contributed by atoms with Gasteiger partial charge in [0.1, 0.15) is 11.6 Å². The van der Waals surface area contributed by atoms with Gasteiger partial charge in [-0.05, 0) is 67.3 Å². The van der Waals surface area contributed by atoms with E-state index in [9.17, 15) is 0 Å². The van der Waals surface area contributed by atoms with Crippen LogP contribution in [0.4, 0.5) is 11.5 Å². The maximum Gasteiger partial charge on any atom is 0.128 e. The Hall–Kier alpha value is -2.23. The highest BCUT2D eigenvalue weighted by Crippen LogP contribution is 2.42. The first-order valence-electron chi connectivity index (χ1n) is 9.45. The molecule has 25 heavy (non-hydrogen) atoms. The second-order valence-electron chi connectivity index (χ2n) is 7.14. The second-order valence-corrected chi connectivity index (χ2v) is 7.14. The number of rotatable bonds is 6. The SMILES string of the molecule is COc1ccc(C2CC2)c(CNc2cc(N3CCCCC3)ccn2)c1. The topological polar surface area (TPSA) is 37.4 Å². The molecule has 1 aromatic carbocycles. The first-order chi connectivity index (χ1) is 12.3. The van der Waals surface area contributed by atoms with Gasteiger partial charge >= 0.3 is 0 Å². The van der Waals surface area contributed by atoms with E-state index >= 15 is 0 Å². The Morgan fingerprint density at radius 3 is 2.72 bits per heavy atom. The summed E-state index contributed by atoms with van der Waals surface area (Å²) in [6.07, 6.45) is 8.47. The van der Waals surface area contributed by atoms with Crippen molar-refractivity contribution in [2.45, 2.75) is 44.6 Å². The Kier molecular flexibility index (Phi) is 4.77. The molecule has 4 rings (SSSR count). The van der Waals surface area contributed by atoms with Crippen LogP contribution < -0.4 is 15.0 Å². The molecule has 4 nitrogen and oxygen atoms in total. The van der Waals surface area contributed by atoms with Crippen LogP contribution in [-0.2, 0) is 6.54 Å². The van der Waals surface area contributed by atoms with Crippen molar-refractivity contribution in [2.75, 3.05) is 30.4 Å². The number of ether oxygens (including phenoxy) is 1. The van der Waals surface area contributed by atoms with Gasteiger partial charge in [-0.15, -0.1) is 0 Å². The van der Waals surface area contributed by atoms with Gasteiger partial charge in [-0.25, -0.2) is 4.98 Å². The van der Waals surface area contributed by atoms with Gasteiger partial charge in [-0.1, -0.05) is 6.07 Å². The highest BCUT2D eigenvalue weighted by molar-refractivity contribution is 5.54. The van der Waals surface area contributed by atoms with E-state index in [1.54, 1.807) is 7.11 Å². The van der Waals surface area contributed by atoms with E-state index in [0.717, 1.165) is 37.1 Å². The fourth-order valence-electron chi connectivity index (χ4n) is 3.71. The summed E-state index contributed by atoms with van der Waals surface area (Å²) in [7, 11) is 1.73. The third kappa shape index (κ3) is 3.89. The third-order valence-electron chi connectivity index (χ3n) is 5.29. The summed E-state index contributed by atoms with van der Waals surface area (Å²) < 4.78 is 5.41. The first-order valence-corrected chi connectivity index (χ1v) is 9.45. The molecule has 1 aliphatic carbocycles. The van der Waals surface area contributed by atoms with E-state index in [1.807, 2.05) is 6.20 Å². The average molecular weight is 337 g/mol. The van der Waals surface area contributed by atoms with Crippen molar-refractivity contribution in [1.82, 2.24) is 4.98 Å². The number of methoxy groups -OCH3 is 1. The molecule has 4 heteroatoms. The molecule has 0 atom stereocenters. The lowest BCUT2D eigenvalue weighted by molar-refractivity contribution is 0.414. The maximum atomic E-state index is 5.41. The van der Waals surface area contributed by atoms with Crippen LogP contribution in [0.15, 0.2) is 36.5 Å². The van der Waals surface area contributed by atoms with E-state index < -0.39 is 0 Å². The lowest BCUT2D eigenvalue weighted by Crippen LogP contribution is -2.29. The molecule has 0 spiro atoms. The number of aromatic nitrogens is 1. The predicted octanol–water partition coefficient (Wildman–Crippen LogP) is 4.57. The highest BCUT2D eigenvalue weighted by Gasteiger charge is 2.26. The van der Waals surface area contributed by atoms with Crippen molar-refractivity contribution in [3.8, 4) is 5.75 Å². The zero-order valence-electron chi connectivity index (χ0n) is 15.0. The van der Waals surface area contributed by atoms with Crippen molar-refractivity contribution in [2.24, 2.45) is 0 Å². The Labute approximate surface area is 150 Å². The molecule has 1 aromatic heterocycles. The molecule has 2 heterocycles. The third-order valence-corrected chi connectivity index (χ3v) is 5.29. The first kappa shape index (κ1) is 16.2. The highest BCUT2D eigenvalue weighted by atomic mass is 16.5. The summed E-state index contributed by atoms with van der Waals surface area (Å²) in [6, 6.07) is 10.8. The van der Waals surface area contributed by atoms with Crippen molar-refractivity contribution < 1.29 is 4.74 Å². The summed E-state index contributed by atoms with van der Waals surface area (Å²) >= 11 is 0. The smallest absolute Gasteiger partial charge is 0.128 e. The zero-order valence-corrected chi connectivity index (χ0v) is 15.0. The number of nitrogens with one attached hydrogen (secondary N) is 1. The molecule has 0 bridgehead atoms. The zero-order chi connectivity index (χ0) is 17.1. The van der Waals surface area contributed by atoms with Crippen LogP contribution in [0.5, 0.6) is 5.75 Å². The van der Waals surface area contributed by atoms with Gasteiger partial charge in [0.25, 0.3) is 0 Å². The minimum atomic E-state index is 0.732. The van der Waals surface area contributed by atoms with Crippen LogP contribution in [0.3, 0.4) is 0 Å². The lowest BCUT2D eigenvalue weighted by Gasteiger charge is -2.29. The van der Waals surface area contributed by atoms with Gasteiger partial charge in [-0.3, -0.25) is 0 Å². The molecular formula is C21H27N3O. The molecule has 0 unspecified atom stereocenters. The molecule has 2 fully saturated rings. The van der Waals surface area contributed by atoms with E-state index in [1.165, 1.54) is 48.9 Å². The monoisotopic (exact) mass is 337 g/mol. The molecule has 1 N–H and O–H groups in total. The quantitative estimate of drug-likeness (QED) is 0.838. The molecular weight excluding hydrogens is 310 g/mol. The summed E-state index contributed by atoms with van der Waals surface area (Å²) in [6.45, 7) is 3.11. The van der Waals surface area contributed by atoms with Crippen LogP contribution in [-0.4, -0.2) is 25.2 Å². The summed E-state index contributed by atoms with van der Waals surface area (Å²) in [5.41, 5.74) is 4.07. The molecule has 132 valence electrons. The van der Waals surface area contributed by atoms with E-state index in [4.69, 9.17) is 4.74 Å². The number of nitrogens with zero attached hydrogens (tertiary/aromatic N) is 2. The van der Waals surface area contributed by atoms with E-state index in [2.05, 4.69) is 45.5 Å². The van der Waals surface area contributed by atoms with Gasteiger partial charge in [0.05, 0.1) is 7.11 Å². The Morgan fingerprint density at radius 1 is 1.12 bits per heavy atom. The minimum Gasteiger partial charge on any atom is -0.497 e. The maximum absolute atomic E-state index is 5.41. The van der Waals surface area contributed by atoms with Crippen molar-refractivity contribution >= 4 is 11.5 Å². The fraction of sp³-hybridized carbons (Fsp3) is 0.476. The van der Waals surface area contributed by atoms with Crippen LogP contribution in [0.1, 0.15) is 49.1 Å². The van der Waals surface area contributed by atoms with Crippen molar-refractivity contribution in [3.05, 3.63) is 47.7 Å². The summed E-state index contributed by atoms with van der Waals surface area (Å²) in [5, 5.41) is 3.52. The van der Waals surface area contributed by atoms with Crippen LogP contribution in [0, 0.1) is 0 Å². The van der Waals surface area contributed by atoms with Crippen molar-refractivity contribution in [1.29, 1.82) is 0 Å². The average Bonchev–Trinajstić information content (AvgIpc) is 3.52. The van der Waals surface area contributed by atoms with E-state index in [-0.39, 0.29) is 0 Å². The van der Waals surface area contributed by atoms with Crippen LogP contribution in [0.2, 0.25) is 0 Å². The van der Waals surface area contributed by atoms with Gasteiger partial charge in [0, 0.05) is 37.6 Å². The predicted molar refractivity (Wildman–Crippen MR) is 103 cm³/mol. The van der Waals surface area contributed by atoms with Crippen LogP contribution >= 0.6 is 0 Å². The lowest BCUT2D eigenvalue weighted by atomic mass is 10.0.